The van der Waals surface area contributed by atoms with Crippen LogP contribution in [0.4, 0.5) is 5.69 Å². The number of methoxy groups -OCH3 is 2. The number of amides is 1. The van der Waals surface area contributed by atoms with Crippen molar-refractivity contribution in [3.05, 3.63) is 117 Å². The summed E-state index contributed by atoms with van der Waals surface area (Å²) >= 11 is 12.8. The molecule has 0 fully saturated rings. The largest absolute Gasteiger partial charge is 0.493 e. The number of nitrogens with zero attached hydrogens (tertiary/aromatic N) is 1. The lowest BCUT2D eigenvalue weighted by Crippen LogP contribution is -2.21. The van der Waals surface area contributed by atoms with Crippen molar-refractivity contribution < 1.29 is 28.8 Å². The average Bonchev–Trinajstić information content (AvgIpc) is 3.00. The number of nitrogens with one attached hydrogen (secondary N) is 2. The zero-order valence-corrected chi connectivity index (χ0v) is 25.3. The molecule has 10 heteroatoms. The van der Waals surface area contributed by atoms with Crippen LogP contribution in [0.1, 0.15) is 43.5 Å². The van der Waals surface area contributed by atoms with E-state index in [-0.39, 0.29) is 12.3 Å². The number of halogens is 2. The first-order chi connectivity index (χ1) is 20.2. The Balaban J connectivity index is 1.50. The first kappa shape index (κ1) is 30.7. The van der Waals surface area contributed by atoms with Gasteiger partial charge in [-0.15, -0.1) is 0 Å². The maximum absolute atomic E-state index is 13.3. The van der Waals surface area contributed by atoms with E-state index in [1.54, 1.807) is 71.0 Å². The fraction of sp³-hybridized carbons (Fsp3) is 0.219. The van der Waals surface area contributed by atoms with E-state index in [1.165, 1.54) is 4.90 Å². The van der Waals surface area contributed by atoms with Gasteiger partial charge in [0, 0.05) is 43.9 Å². The van der Waals surface area contributed by atoms with Gasteiger partial charge in [0.1, 0.15) is 16.1 Å². The molecule has 4 rings (SSSR count). The smallest absolute Gasteiger partial charge is 0.338 e. The molecule has 0 spiro atoms. The molecule has 4 aromatic rings. The number of rotatable bonds is 11. The molecular formula is C32H32Cl2N3O5+. The first-order valence-electron chi connectivity index (χ1n) is 13.1. The van der Waals surface area contributed by atoms with Gasteiger partial charge in [0.15, 0.2) is 23.9 Å². The molecule has 0 aliphatic rings. The summed E-state index contributed by atoms with van der Waals surface area (Å²) in [5, 5.41) is 4.18. The highest BCUT2D eigenvalue weighted by Gasteiger charge is 2.24. The number of hydrogen-bond acceptors (Lipinski definition) is 6. The molecule has 1 atom stereocenters. The molecule has 0 saturated carbocycles. The molecule has 0 bridgehead atoms. The second kappa shape index (κ2) is 14.1. The van der Waals surface area contributed by atoms with Gasteiger partial charge in [0.25, 0.3) is 5.91 Å². The number of pyridine rings is 1. The standard InChI is InChI=1S/C32H31Cl2N3O5/c1-37(2)31(38)23-6-5-7-24(14-23)36-17-20-8-10-21(11-9-20)32(39)42-29(16-25-26(33)18-35-19-27(25)34)22-12-13-28(40-3)30(15-22)41-4/h5-15,18-19,29,36H,16-17H2,1-4H3/p+1/t29-/m0/s1. The molecule has 8 nitrogen and oxygen atoms in total. The van der Waals surface area contributed by atoms with Crippen molar-refractivity contribution in [2.24, 2.45) is 0 Å². The van der Waals surface area contributed by atoms with Crippen molar-refractivity contribution in [2.45, 2.75) is 19.1 Å². The molecule has 218 valence electrons. The van der Waals surface area contributed by atoms with Gasteiger partial charge >= 0.3 is 5.97 Å². The van der Waals surface area contributed by atoms with Crippen molar-refractivity contribution in [1.29, 1.82) is 0 Å². The van der Waals surface area contributed by atoms with Gasteiger partial charge in [-0.1, -0.05) is 47.5 Å². The molecule has 42 heavy (non-hydrogen) atoms. The van der Waals surface area contributed by atoms with Gasteiger partial charge in [-0.3, -0.25) is 4.79 Å². The lowest BCUT2D eigenvalue weighted by molar-refractivity contribution is -0.377. The minimum Gasteiger partial charge on any atom is -0.493 e. The summed E-state index contributed by atoms with van der Waals surface area (Å²) in [7, 11) is 6.53. The van der Waals surface area contributed by atoms with Crippen LogP contribution in [0.15, 0.2) is 79.1 Å². The third-order valence-electron chi connectivity index (χ3n) is 6.62. The second-order valence-corrected chi connectivity index (χ2v) is 10.5. The van der Waals surface area contributed by atoms with Crippen molar-refractivity contribution in [3.8, 4) is 11.5 Å². The minimum absolute atomic E-state index is 0.0666. The zero-order valence-electron chi connectivity index (χ0n) is 23.7. The first-order valence-corrected chi connectivity index (χ1v) is 13.9. The maximum atomic E-state index is 13.3. The summed E-state index contributed by atoms with van der Waals surface area (Å²) in [5.41, 5.74) is 4.09. The van der Waals surface area contributed by atoms with Crippen molar-refractivity contribution in [2.75, 3.05) is 33.6 Å². The number of esters is 1. The van der Waals surface area contributed by atoms with Crippen LogP contribution in [-0.4, -0.2) is 45.1 Å². The predicted molar refractivity (Wildman–Crippen MR) is 163 cm³/mol. The number of H-pyrrole nitrogens is 1. The zero-order chi connectivity index (χ0) is 30.2. The lowest BCUT2D eigenvalue weighted by atomic mass is 10.0. The number of aromatic amines is 1. The average molecular weight is 610 g/mol. The number of benzene rings is 3. The minimum atomic E-state index is -0.715. The summed E-state index contributed by atoms with van der Waals surface area (Å²) in [5.74, 6) is 0.488. The molecular weight excluding hydrogens is 577 g/mol. The van der Waals surface area contributed by atoms with Gasteiger partial charge in [0.05, 0.1) is 19.8 Å². The van der Waals surface area contributed by atoms with E-state index in [9.17, 15) is 9.59 Å². The van der Waals surface area contributed by atoms with E-state index in [0.717, 1.165) is 11.3 Å². The van der Waals surface area contributed by atoms with Crippen molar-refractivity contribution in [3.63, 3.8) is 0 Å². The fourth-order valence-corrected chi connectivity index (χ4v) is 4.85. The predicted octanol–water partition coefficient (Wildman–Crippen LogP) is 6.28. The number of carbonyl (C=O) groups excluding carboxylic acids is 2. The van der Waals surface area contributed by atoms with Crippen LogP contribution < -0.4 is 19.8 Å². The van der Waals surface area contributed by atoms with Crippen molar-refractivity contribution in [1.82, 2.24) is 4.90 Å². The van der Waals surface area contributed by atoms with Crippen LogP contribution in [0.5, 0.6) is 11.5 Å². The number of anilines is 1. The maximum Gasteiger partial charge on any atom is 0.338 e. The fourth-order valence-electron chi connectivity index (χ4n) is 4.32. The van der Waals surface area contributed by atoms with E-state index in [2.05, 4.69) is 10.3 Å². The summed E-state index contributed by atoms with van der Waals surface area (Å²) < 4.78 is 16.8. The summed E-state index contributed by atoms with van der Waals surface area (Å²) in [4.78, 5) is 30.0. The third-order valence-corrected chi connectivity index (χ3v) is 7.29. The highest BCUT2D eigenvalue weighted by molar-refractivity contribution is 6.35. The van der Waals surface area contributed by atoms with Gasteiger partial charge in [-0.05, 0) is 53.6 Å². The summed E-state index contributed by atoms with van der Waals surface area (Å²) in [6.45, 7) is 0.505. The van der Waals surface area contributed by atoms with E-state index >= 15 is 0 Å². The highest BCUT2D eigenvalue weighted by Crippen LogP contribution is 2.35. The Kier molecular flexibility index (Phi) is 10.3. The molecule has 0 aliphatic heterocycles. The van der Waals surface area contributed by atoms with E-state index in [0.29, 0.717) is 50.3 Å². The second-order valence-electron chi connectivity index (χ2n) is 9.67. The Labute approximate surface area is 255 Å². The number of aromatic nitrogens is 1. The Morgan fingerprint density at radius 1 is 0.881 bits per heavy atom. The van der Waals surface area contributed by atoms with Gasteiger partial charge in [-0.25, -0.2) is 9.78 Å². The van der Waals surface area contributed by atoms with E-state index in [1.807, 2.05) is 36.4 Å². The van der Waals surface area contributed by atoms with Crippen LogP contribution in [0, 0.1) is 0 Å². The Morgan fingerprint density at radius 3 is 2.21 bits per heavy atom. The topological polar surface area (TPSA) is 91.2 Å². The molecule has 1 heterocycles. The molecule has 0 saturated heterocycles. The Morgan fingerprint density at radius 2 is 1.57 bits per heavy atom. The molecule has 0 radical (unpaired) electrons. The Bertz CT molecular complexity index is 1540. The normalized spacial score (nSPS) is 11.4. The molecule has 3 aromatic carbocycles. The molecule has 2 N–H and O–H groups in total. The molecule has 0 aliphatic carbocycles. The number of carbonyl (C=O) groups is 2. The third kappa shape index (κ3) is 7.51. The van der Waals surface area contributed by atoms with Gasteiger partial charge < -0.3 is 24.4 Å². The van der Waals surface area contributed by atoms with E-state index in [4.69, 9.17) is 37.4 Å². The van der Waals surface area contributed by atoms with Gasteiger partial charge in [-0.2, -0.15) is 0 Å². The van der Waals surface area contributed by atoms with Gasteiger partial charge in [0.2, 0.25) is 0 Å². The summed E-state index contributed by atoms with van der Waals surface area (Å²) in [6, 6.07) is 19.8. The number of ether oxygens (including phenoxy) is 3. The quantitative estimate of drug-likeness (QED) is 0.201. The SMILES string of the molecule is COc1ccc([C@H](Cc2c(Cl)c[nH+]cc2Cl)OC(=O)c2ccc(CNc3cccc(C(=O)N(C)C)c3)cc2)cc1OC. The number of hydrogen-bond donors (Lipinski definition) is 1. The van der Waals surface area contributed by atoms with Crippen LogP contribution in [0.2, 0.25) is 10.0 Å². The van der Waals surface area contributed by atoms with E-state index < -0.39 is 12.1 Å². The van der Waals surface area contributed by atoms with Crippen LogP contribution >= 0.6 is 23.2 Å². The molecule has 0 unspecified atom stereocenters. The van der Waals surface area contributed by atoms with Crippen molar-refractivity contribution >= 4 is 40.8 Å². The highest BCUT2D eigenvalue weighted by atomic mass is 35.5. The molecule has 1 aromatic heterocycles. The Hall–Kier alpha value is -4.27. The lowest BCUT2D eigenvalue weighted by Gasteiger charge is -2.20. The molecule has 1 amide bonds. The van der Waals surface area contributed by atoms with Crippen LogP contribution in [0.25, 0.3) is 0 Å². The van der Waals surface area contributed by atoms with Crippen LogP contribution in [-0.2, 0) is 17.7 Å². The van der Waals surface area contributed by atoms with Crippen LogP contribution in [0.3, 0.4) is 0 Å². The summed E-state index contributed by atoms with van der Waals surface area (Å²) in [6.07, 6.45) is 2.78. The monoisotopic (exact) mass is 608 g/mol.